The summed E-state index contributed by atoms with van der Waals surface area (Å²) in [6.07, 6.45) is -1.72. The molecule has 84 valence electrons. The summed E-state index contributed by atoms with van der Waals surface area (Å²) in [5.41, 5.74) is 0. The molecule has 7 nitrogen and oxygen atoms in total. The van der Waals surface area contributed by atoms with Crippen LogP contribution in [0.5, 0.6) is 0 Å². The van der Waals surface area contributed by atoms with E-state index in [2.05, 4.69) is 0 Å². The molecular formula is C6H11NaO7S. The molecule has 0 aromatic rings. The summed E-state index contributed by atoms with van der Waals surface area (Å²) in [4.78, 5) is 20.3. The summed E-state index contributed by atoms with van der Waals surface area (Å²) in [6.45, 7) is 0. The Bertz CT molecular complexity index is 322. The minimum absolute atomic E-state index is 0. The van der Waals surface area contributed by atoms with Gasteiger partial charge in [0.25, 0.3) is 10.1 Å². The summed E-state index contributed by atoms with van der Waals surface area (Å²) >= 11 is 0. The van der Waals surface area contributed by atoms with Gasteiger partial charge in [0.2, 0.25) is 0 Å². The van der Waals surface area contributed by atoms with E-state index in [-0.39, 0.29) is 29.6 Å². The molecule has 3 N–H and O–H groups in total. The van der Waals surface area contributed by atoms with Gasteiger partial charge in [-0.1, -0.05) is 0 Å². The first-order chi connectivity index (χ1) is 6.23. The second-order valence-corrected chi connectivity index (χ2v) is 4.36. The number of carboxylic acid groups (broad SMARTS) is 2. The van der Waals surface area contributed by atoms with Crippen molar-refractivity contribution in [2.24, 2.45) is 0 Å². The molecular weight excluding hydrogens is 239 g/mol. The van der Waals surface area contributed by atoms with E-state index < -0.39 is 46.6 Å². The van der Waals surface area contributed by atoms with Crippen molar-refractivity contribution in [1.82, 2.24) is 0 Å². The van der Waals surface area contributed by atoms with Gasteiger partial charge < -0.3 is 10.2 Å². The Morgan fingerprint density at radius 3 is 1.87 bits per heavy atom. The van der Waals surface area contributed by atoms with Crippen molar-refractivity contribution in [1.29, 1.82) is 0 Å². The predicted octanol–water partition coefficient (Wildman–Crippen LogP) is -1.07. The van der Waals surface area contributed by atoms with Crippen LogP contribution in [0.4, 0.5) is 0 Å². The van der Waals surface area contributed by atoms with E-state index in [0.717, 1.165) is 0 Å². The van der Waals surface area contributed by atoms with Crippen LogP contribution in [-0.4, -0.2) is 69.9 Å². The van der Waals surface area contributed by atoms with Crippen LogP contribution in [0.1, 0.15) is 19.3 Å². The number of aliphatic carboxylic acids is 2. The molecule has 0 amide bonds. The number of hydrogen-bond acceptors (Lipinski definition) is 4. The molecule has 0 bridgehead atoms. The van der Waals surface area contributed by atoms with Crippen LogP contribution in [0.25, 0.3) is 0 Å². The zero-order valence-electron chi connectivity index (χ0n) is 7.08. The van der Waals surface area contributed by atoms with E-state index in [4.69, 9.17) is 14.8 Å². The van der Waals surface area contributed by atoms with Crippen LogP contribution in [-0.2, 0) is 19.7 Å². The third-order valence-corrected chi connectivity index (χ3v) is 2.75. The number of hydrogen-bond donors (Lipinski definition) is 3. The molecule has 0 aliphatic carbocycles. The van der Waals surface area contributed by atoms with E-state index in [1.165, 1.54) is 0 Å². The molecule has 0 spiro atoms. The maximum absolute atomic E-state index is 10.6. The van der Waals surface area contributed by atoms with Crippen LogP contribution in [0.15, 0.2) is 0 Å². The van der Waals surface area contributed by atoms with Crippen molar-refractivity contribution in [3.8, 4) is 0 Å². The molecule has 1 atom stereocenters. The summed E-state index contributed by atoms with van der Waals surface area (Å²) < 4.78 is 29.7. The molecule has 0 fully saturated rings. The molecule has 0 aromatic heterocycles. The van der Waals surface area contributed by atoms with Crippen molar-refractivity contribution < 1.29 is 32.8 Å². The third kappa shape index (κ3) is 8.82. The summed E-state index contributed by atoms with van der Waals surface area (Å²) in [5, 5.41) is 15.0. The van der Waals surface area contributed by atoms with Gasteiger partial charge in [0, 0.05) is 6.42 Å². The Morgan fingerprint density at radius 1 is 1.13 bits per heavy atom. The third-order valence-electron chi connectivity index (χ3n) is 1.50. The molecule has 0 aromatic carbocycles. The first kappa shape index (κ1) is 17.3. The van der Waals surface area contributed by atoms with E-state index >= 15 is 0 Å². The first-order valence-corrected chi connectivity index (χ1v) is 5.13. The second-order valence-electron chi connectivity index (χ2n) is 2.67. The summed E-state index contributed by atoms with van der Waals surface area (Å²) in [7, 11) is -4.50. The Labute approximate surface area is 109 Å². The molecule has 1 unspecified atom stereocenters. The monoisotopic (exact) mass is 250 g/mol. The molecule has 0 saturated carbocycles. The van der Waals surface area contributed by atoms with Crippen molar-refractivity contribution in [3.05, 3.63) is 0 Å². The van der Waals surface area contributed by atoms with Gasteiger partial charge in [-0.15, -0.1) is 0 Å². The average Bonchev–Trinajstić information content (AvgIpc) is 1.94. The number of carbonyl (C=O) groups is 2. The molecule has 0 aliphatic rings. The van der Waals surface area contributed by atoms with Gasteiger partial charge in [-0.25, -0.2) is 0 Å². The van der Waals surface area contributed by atoms with Crippen LogP contribution < -0.4 is 0 Å². The van der Waals surface area contributed by atoms with Crippen molar-refractivity contribution >= 4 is 51.6 Å². The fourth-order valence-electron chi connectivity index (χ4n) is 0.836. The van der Waals surface area contributed by atoms with Crippen molar-refractivity contribution in [3.63, 3.8) is 0 Å². The summed E-state index contributed by atoms with van der Waals surface area (Å²) in [6, 6.07) is 0. The van der Waals surface area contributed by atoms with Crippen LogP contribution >= 0.6 is 0 Å². The van der Waals surface area contributed by atoms with Gasteiger partial charge in [0.05, 0.1) is 11.7 Å². The Balaban J connectivity index is 0. The van der Waals surface area contributed by atoms with E-state index in [9.17, 15) is 18.0 Å². The minimum atomic E-state index is -4.50. The molecule has 0 saturated heterocycles. The Kier molecular flexibility index (Phi) is 8.25. The Hall–Kier alpha value is -0.150. The molecule has 0 radical (unpaired) electrons. The van der Waals surface area contributed by atoms with Gasteiger partial charge in [0.1, 0.15) is 0 Å². The van der Waals surface area contributed by atoms with E-state index in [1.54, 1.807) is 0 Å². The average molecular weight is 250 g/mol. The second kappa shape index (κ2) is 7.18. The van der Waals surface area contributed by atoms with Crippen molar-refractivity contribution in [2.45, 2.75) is 24.5 Å². The van der Waals surface area contributed by atoms with E-state index in [1.807, 2.05) is 0 Å². The van der Waals surface area contributed by atoms with Gasteiger partial charge >= 0.3 is 41.5 Å². The van der Waals surface area contributed by atoms with Gasteiger partial charge in [-0.05, 0) is 6.42 Å². The standard InChI is InChI=1S/C6H10O7S.Na.H/c7-5(8)2-1-4(3-6(9)10)14(11,12)13;;/h4H,1-3H2,(H,7,8)(H,9,10)(H,11,12,13);;. The van der Waals surface area contributed by atoms with Gasteiger partial charge in [-0.3, -0.25) is 14.1 Å². The van der Waals surface area contributed by atoms with Gasteiger partial charge in [0.15, 0.2) is 0 Å². The van der Waals surface area contributed by atoms with E-state index in [0.29, 0.717) is 0 Å². The van der Waals surface area contributed by atoms with Crippen LogP contribution in [0.2, 0.25) is 0 Å². The molecule has 0 aliphatic heterocycles. The maximum atomic E-state index is 10.6. The SMILES string of the molecule is O=C(O)CCC(CC(=O)O)S(=O)(=O)O.[NaH]. The number of rotatable bonds is 6. The fourth-order valence-corrected chi connectivity index (χ4v) is 1.60. The zero-order chi connectivity index (χ0) is 11.4. The molecule has 0 heterocycles. The Morgan fingerprint density at radius 2 is 1.60 bits per heavy atom. The summed E-state index contributed by atoms with van der Waals surface area (Å²) in [5.74, 6) is -2.65. The van der Waals surface area contributed by atoms with Crippen molar-refractivity contribution in [2.75, 3.05) is 0 Å². The molecule has 0 rings (SSSR count). The van der Waals surface area contributed by atoms with Crippen LogP contribution in [0.3, 0.4) is 0 Å². The van der Waals surface area contributed by atoms with Crippen LogP contribution in [0, 0.1) is 0 Å². The molecule has 9 heteroatoms. The fraction of sp³-hybridized carbons (Fsp3) is 0.667. The topological polar surface area (TPSA) is 129 Å². The quantitative estimate of drug-likeness (QED) is 0.404. The van der Waals surface area contributed by atoms with Gasteiger partial charge in [-0.2, -0.15) is 8.42 Å². The zero-order valence-corrected chi connectivity index (χ0v) is 7.90. The predicted molar refractivity (Wildman–Crippen MR) is 51.6 cm³/mol. The number of carboxylic acids is 2. The normalized spacial score (nSPS) is 12.6. The first-order valence-electron chi connectivity index (χ1n) is 3.63. The molecule has 15 heavy (non-hydrogen) atoms.